The van der Waals surface area contributed by atoms with Crippen molar-refractivity contribution in [3.63, 3.8) is 0 Å². The monoisotopic (exact) mass is 298 g/mol. The fourth-order valence-corrected chi connectivity index (χ4v) is 3.50. The van der Waals surface area contributed by atoms with Crippen LogP contribution < -0.4 is 9.47 Å². The van der Waals surface area contributed by atoms with Gasteiger partial charge in [-0.15, -0.1) is 0 Å². The molecule has 116 valence electrons. The molecule has 0 spiro atoms. The number of methoxy groups -OCH3 is 1. The number of rotatable bonds is 4. The molecule has 1 aromatic carbocycles. The molecular weight excluding hydrogens is 276 g/mol. The maximum Gasteiger partial charge on any atom is 0.287 e. The predicted octanol–water partition coefficient (Wildman–Crippen LogP) is 4.41. The molecule has 0 bridgehead atoms. The van der Waals surface area contributed by atoms with Gasteiger partial charge in [0.15, 0.2) is 0 Å². The van der Waals surface area contributed by atoms with Gasteiger partial charge in [0, 0.05) is 5.56 Å². The SMILES string of the molecule is COc1occ2c1CC(c1cccc(OC3CC3)c1C)CC2. The lowest BCUT2D eigenvalue weighted by molar-refractivity contribution is 0.299. The molecule has 1 unspecified atom stereocenters. The summed E-state index contributed by atoms with van der Waals surface area (Å²) in [7, 11) is 1.68. The van der Waals surface area contributed by atoms with E-state index in [1.54, 1.807) is 7.11 Å². The van der Waals surface area contributed by atoms with Crippen LogP contribution >= 0.6 is 0 Å². The first-order valence-corrected chi connectivity index (χ1v) is 8.15. The molecule has 0 radical (unpaired) electrons. The van der Waals surface area contributed by atoms with Crippen molar-refractivity contribution < 1.29 is 13.9 Å². The fraction of sp³-hybridized carbons (Fsp3) is 0.474. The average Bonchev–Trinajstić information content (AvgIpc) is 3.26. The third kappa shape index (κ3) is 2.39. The van der Waals surface area contributed by atoms with Crippen molar-refractivity contribution in [3.05, 3.63) is 46.7 Å². The van der Waals surface area contributed by atoms with Gasteiger partial charge in [-0.2, -0.15) is 0 Å². The van der Waals surface area contributed by atoms with E-state index in [0.29, 0.717) is 18.0 Å². The summed E-state index contributed by atoms with van der Waals surface area (Å²) in [5.41, 5.74) is 5.25. The van der Waals surface area contributed by atoms with Gasteiger partial charge in [0.2, 0.25) is 0 Å². The van der Waals surface area contributed by atoms with Crippen molar-refractivity contribution in [2.24, 2.45) is 0 Å². The van der Waals surface area contributed by atoms with Gasteiger partial charge in [-0.05, 0) is 67.7 Å². The van der Waals surface area contributed by atoms with Crippen molar-refractivity contribution >= 4 is 0 Å². The van der Waals surface area contributed by atoms with E-state index in [1.165, 1.54) is 35.1 Å². The Bertz CT molecular complexity index is 668. The molecule has 2 aromatic rings. The van der Waals surface area contributed by atoms with E-state index < -0.39 is 0 Å². The normalized spacial score (nSPS) is 20.5. The van der Waals surface area contributed by atoms with E-state index in [-0.39, 0.29) is 0 Å². The Morgan fingerprint density at radius 2 is 2.05 bits per heavy atom. The largest absolute Gasteiger partial charge is 0.490 e. The van der Waals surface area contributed by atoms with Crippen LogP contribution in [0.25, 0.3) is 0 Å². The van der Waals surface area contributed by atoms with E-state index in [1.807, 2.05) is 6.26 Å². The van der Waals surface area contributed by atoms with Crippen LogP contribution in [-0.2, 0) is 12.8 Å². The molecular formula is C19H22O3. The van der Waals surface area contributed by atoms with Crippen molar-refractivity contribution in [2.45, 2.75) is 51.0 Å². The van der Waals surface area contributed by atoms with Gasteiger partial charge in [0.25, 0.3) is 5.95 Å². The highest BCUT2D eigenvalue weighted by atomic mass is 16.6. The summed E-state index contributed by atoms with van der Waals surface area (Å²) < 4.78 is 16.9. The average molecular weight is 298 g/mol. The van der Waals surface area contributed by atoms with Gasteiger partial charge >= 0.3 is 0 Å². The van der Waals surface area contributed by atoms with Gasteiger partial charge in [-0.1, -0.05) is 12.1 Å². The Labute approximate surface area is 131 Å². The quantitative estimate of drug-likeness (QED) is 0.838. The summed E-state index contributed by atoms with van der Waals surface area (Å²) in [4.78, 5) is 0. The molecule has 1 atom stereocenters. The van der Waals surface area contributed by atoms with Crippen molar-refractivity contribution in [1.82, 2.24) is 0 Å². The second-order valence-electron chi connectivity index (χ2n) is 6.46. The summed E-state index contributed by atoms with van der Waals surface area (Å²) >= 11 is 0. The number of hydrogen-bond acceptors (Lipinski definition) is 3. The van der Waals surface area contributed by atoms with Crippen LogP contribution in [0.2, 0.25) is 0 Å². The summed E-state index contributed by atoms with van der Waals surface area (Å²) in [6.07, 6.45) is 7.89. The Morgan fingerprint density at radius 3 is 2.82 bits per heavy atom. The van der Waals surface area contributed by atoms with Crippen LogP contribution in [-0.4, -0.2) is 13.2 Å². The van der Waals surface area contributed by atoms with Gasteiger partial charge in [-0.3, -0.25) is 0 Å². The predicted molar refractivity (Wildman–Crippen MR) is 84.9 cm³/mol. The zero-order valence-electron chi connectivity index (χ0n) is 13.2. The van der Waals surface area contributed by atoms with Gasteiger partial charge in [0.05, 0.1) is 19.5 Å². The smallest absolute Gasteiger partial charge is 0.287 e. The first-order valence-electron chi connectivity index (χ1n) is 8.15. The van der Waals surface area contributed by atoms with Crippen LogP contribution in [0.4, 0.5) is 0 Å². The Balaban J connectivity index is 1.62. The number of ether oxygens (including phenoxy) is 2. The van der Waals surface area contributed by atoms with Crippen molar-refractivity contribution in [3.8, 4) is 11.7 Å². The van der Waals surface area contributed by atoms with E-state index >= 15 is 0 Å². The molecule has 1 heterocycles. The lowest BCUT2D eigenvalue weighted by Gasteiger charge is -2.25. The highest BCUT2D eigenvalue weighted by molar-refractivity contribution is 5.44. The minimum absolute atomic E-state index is 0.445. The van der Waals surface area contributed by atoms with Crippen molar-refractivity contribution in [2.75, 3.05) is 7.11 Å². The standard InChI is InChI=1S/C19H22O3/c1-12-16(4-3-5-18(12)22-15-8-9-15)13-6-7-14-11-21-19(20-2)17(14)10-13/h3-5,11,13,15H,6-10H2,1-2H3. The maximum absolute atomic E-state index is 6.04. The molecule has 0 saturated heterocycles. The number of benzene rings is 1. The molecule has 0 N–H and O–H groups in total. The van der Waals surface area contributed by atoms with E-state index in [0.717, 1.165) is 25.0 Å². The Kier molecular flexibility index (Phi) is 3.36. The molecule has 4 rings (SSSR count). The summed E-state index contributed by atoms with van der Waals surface area (Å²) in [6.45, 7) is 2.19. The van der Waals surface area contributed by atoms with E-state index in [4.69, 9.17) is 13.9 Å². The molecule has 1 fully saturated rings. The molecule has 0 amide bonds. The molecule has 3 nitrogen and oxygen atoms in total. The second-order valence-corrected chi connectivity index (χ2v) is 6.46. The van der Waals surface area contributed by atoms with Gasteiger partial charge in [-0.25, -0.2) is 0 Å². The zero-order chi connectivity index (χ0) is 15.1. The third-order valence-corrected chi connectivity index (χ3v) is 4.92. The summed E-state index contributed by atoms with van der Waals surface area (Å²) in [5.74, 6) is 2.26. The maximum atomic E-state index is 6.04. The third-order valence-electron chi connectivity index (χ3n) is 4.92. The molecule has 22 heavy (non-hydrogen) atoms. The van der Waals surface area contributed by atoms with Crippen LogP contribution in [0.1, 0.15) is 47.4 Å². The number of furan rings is 1. The van der Waals surface area contributed by atoms with Crippen LogP contribution in [0.3, 0.4) is 0 Å². The molecule has 3 heteroatoms. The van der Waals surface area contributed by atoms with Gasteiger partial charge in [0.1, 0.15) is 5.75 Å². The topological polar surface area (TPSA) is 31.6 Å². The van der Waals surface area contributed by atoms with Crippen LogP contribution in [0.5, 0.6) is 11.7 Å². The Hall–Kier alpha value is -1.90. The number of hydrogen-bond donors (Lipinski definition) is 0. The zero-order valence-corrected chi connectivity index (χ0v) is 13.2. The van der Waals surface area contributed by atoms with Crippen molar-refractivity contribution in [1.29, 1.82) is 0 Å². The number of aryl methyl sites for hydroxylation is 1. The fourth-order valence-electron chi connectivity index (χ4n) is 3.50. The second kappa shape index (κ2) is 5.38. The molecule has 0 aliphatic heterocycles. The minimum Gasteiger partial charge on any atom is -0.490 e. The minimum atomic E-state index is 0.445. The summed E-state index contributed by atoms with van der Waals surface area (Å²) in [5, 5.41) is 0. The first kappa shape index (κ1) is 13.7. The van der Waals surface area contributed by atoms with Gasteiger partial charge < -0.3 is 13.9 Å². The number of fused-ring (bicyclic) bond motifs is 1. The highest BCUT2D eigenvalue weighted by Crippen LogP contribution is 2.41. The first-order chi connectivity index (χ1) is 10.8. The molecule has 2 aliphatic carbocycles. The lowest BCUT2D eigenvalue weighted by atomic mass is 9.80. The lowest BCUT2D eigenvalue weighted by Crippen LogP contribution is -2.13. The molecule has 1 saturated carbocycles. The summed E-state index contributed by atoms with van der Waals surface area (Å²) in [6, 6.07) is 6.48. The highest BCUT2D eigenvalue weighted by Gasteiger charge is 2.28. The van der Waals surface area contributed by atoms with Crippen LogP contribution in [0, 0.1) is 6.92 Å². The molecule has 1 aromatic heterocycles. The van der Waals surface area contributed by atoms with Crippen LogP contribution in [0.15, 0.2) is 28.9 Å². The Morgan fingerprint density at radius 1 is 1.18 bits per heavy atom. The van der Waals surface area contributed by atoms with E-state index in [2.05, 4.69) is 25.1 Å². The molecule has 2 aliphatic rings. The van der Waals surface area contributed by atoms with E-state index in [9.17, 15) is 0 Å².